The van der Waals surface area contributed by atoms with E-state index in [1.54, 1.807) is 12.0 Å². The summed E-state index contributed by atoms with van der Waals surface area (Å²) >= 11 is 0. The molecular weight excluding hydrogens is 268 g/mol. The first kappa shape index (κ1) is 15.6. The van der Waals surface area contributed by atoms with Gasteiger partial charge in [-0.05, 0) is 50.5 Å². The van der Waals surface area contributed by atoms with Gasteiger partial charge in [0.25, 0.3) is 0 Å². The number of urea groups is 1. The third-order valence-corrected chi connectivity index (χ3v) is 3.76. The average molecular weight is 292 g/mol. The molecule has 0 radical (unpaired) electrons. The van der Waals surface area contributed by atoms with Gasteiger partial charge < -0.3 is 19.7 Å². The second-order valence-electron chi connectivity index (χ2n) is 5.29. The number of hydrogen-bond acceptors (Lipinski definition) is 3. The normalized spacial score (nSPS) is 17.6. The van der Waals surface area contributed by atoms with Crippen LogP contribution in [0.15, 0.2) is 18.2 Å². The maximum Gasteiger partial charge on any atom is 0.321 e. The zero-order chi connectivity index (χ0) is 15.2. The lowest BCUT2D eigenvalue weighted by Crippen LogP contribution is -2.39. The molecule has 5 nitrogen and oxygen atoms in total. The summed E-state index contributed by atoms with van der Waals surface area (Å²) in [5, 5.41) is 2.93. The molecule has 1 aromatic carbocycles. The fourth-order valence-corrected chi connectivity index (χ4v) is 2.55. The molecule has 0 aromatic heterocycles. The van der Waals surface area contributed by atoms with Crippen molar-refractivity contribution in [3.8, 4) is 5.75 Å². The summed E-state index contributed by atoms with van der Waals surface area (Å²) < 4.78 is 10.8. The smallest absolute Gasteiger partial charge is 0.321 e. The molecule has 1 fully saturated rings. The predicted molar refractivity (Wildman–Crippen MR) is 83.0 cm³/mol. The number of amides is 2. The Bertz CT molecular complexity index is 484. The SMILES string of the molecule is CCN(C[C@H]1CCCO1)C(=O)Nc1ccc(OC)c(C)c1. The zero-order valence-corrected chi connectivity index (χ0v) is 13.0. The van der Waals surface area contributed by atoms with Gasteiger partial charge in [-0.1, -0.05) is 0 Å². The highest BCUT2D eigenvalue weighted by atomic mass is 16.5. The molecule has 0 aliphatic carbocycles. The minimum absolute atomic E-state index is 0.0856. The third kappa shape index (κ3) is 4.11. The number of hydrogen-bond donors (Lipinski definition) is 1. The lowest BCUT2D eigenvalue weighted by Gasteiger charge is -2.24. The van der Waals surface area contributed by atoms with Gasteiger partial charge in [0.05, 0.1) is 13.2 Å². The summed E-state index contributed by atoms with van der Waals surface area (Å²) in [6.45, 7) is 6.06. The number of nitrogens with one attached hydrogen (secondary N) is 1. The van der Waals surface area contributed by atoms with Crippen molar-refractivity contribution < 1.29 is 14.3 Å². The van der Waals surface area contributed by atoms with Gasteiger partial charge in [0, 0.05) is 25.4 Å². The van der Waals surface area contributed by atoms with Crippen molar-refractivity contribution in [3.05, 3.63) is 23.8 Å². The minimum Gasteiger partial charge on any atom is -0.496 e. The molecule has 0 bridgehead atoms. The standard InChI is InChI=1S/C16H24N2O3/c1-4-18(11-14-6-5-9-21-14)16(19)17-13-7-8-15(20-3)12(2)10-13/h7-8,10,14H,4-6,9,11H2,1-3H3,(H,17,19)/t14-/m1/s1. The van der Waals surface area contributed by atoms with E-state index in [-0.39, 0.29) is 12.1 Å². The van der Waals surface area contributed by atoms with E-state index in [2.05, 4.69) is 5.32 Å². The molecule has 0 saturated carbocycles. The van der Waals surface area contributed by atoms with Crippen molar-refractivity contribution in [1.29, 1.82) is 0 Å². The highest BCUT2D eigenvalue weighted by molar-refractivity contribution is 5.89. The summed E-state index contributed by atoms with van der Waals surface area (Å²) in [5.41, 5.74) is 1.78. The van der Waals surface area contributed by atoms with Crippen molar-refractivity contribution in [1.82, 2.24) is 4.90 Å². The van der Waals surface area contributed by atoms with E-state index < -0.39 is 0 Å². The Morgan fingerprint density at radius 1 is 1.52 bits per heavy atom. The van der Waals surface area contributed by atoms with Gasteiger partial charge in [-0.15, -0.1) is 0 Å². The van der Waals surface area contributed by atoms with E-state index in [9.17, 15) is 4.79 Å². The van der Waals surface area contributed by atoms with Crippen LogP contribution >= 0.6 is 0 Å². The molecule has 2 rings (SSSR count). The number of carbonyl (C=O) groups is 1. The Labute approximate surface area is 126 Å². The number of ether oxygens (including phenoxy) is 2. The van der Waals surface area contributed by atoms with Crippen LogP contribution in [-0.2, 0) is 4.74 Å². The number of anilines is 1. The lowest BCUT2D eigenvalue weighted by molar-refractivity contribution is 0.0849. The summed E-state index contributed by atoms with van der Waals surface area (Å²) in [7, 11) is 1.64. The van der Waals surface area contributed by atoms with Crippen molar-refractivity contribution in [3.63, 3.8) is 0 Å². The van der Waals surface area contributed by atoms with Crippen molar-refractivity contribution in [2.24, 2.45) is 0 Å². The van der Waals surface area contributed by atoms with E-state index in [0.29, 0.717) is 13.1 Å². The summed E-state index contributed by atoms with van der Waals surface area (Å²) in [5.74, 6) is 0.819. The van der Waals surface area contributed by atoms with Crippen LogP contribution in [0, 0.1) is 6.92 Å². The number of nitrogens with zero attached hydrogens (tertiary/aromatic N) is 1. The van der Waals surface area contributed by atoms with Crippen LogP contribution in [0.5, 0.6) is 5.75 Å². The van der Waals surface area contributed by atoms with Crippen molar-refractivity contribution >= 4 is 11.7 Å². The second-order valence-corrected chi connectivity index (χ2v) is 5.29. The number of carbonyl (C=O) groups excluding carboxylic acids is 1. The average Bonchev–Trinajstić information content (AvgIpc) is 2.98. The molecule has 1 aliphatic heterocycles. The van der Waals surface area contributed by atoms with Gasteiger partial charge in [-0.2, -0.15) is 0 Å². The summed E-state index contributed by atoms with van der Waals surface area (Å²) in [6, 6.07) is 5.54. The van der Waals surface area contributed by atoms with Crippen LogP contribution in [-0.4, -0.2) is 43.8 Å². The van der Waals surface area contributed by atoms with Crippen LogP contribution in [0.25, 0.3) is 0 Å². The Morgan fingerprint density at radius 2 is 2.33 bits per heavy atom. The fourth-order valence-electron chi connectivity index (χ4n) is 2.55. The van der Waals surface area contributed by atoms with E-state index >= 15 is 0 Å². The largest absolute Gasteiger partial charge is 0.496 e. The lowest BCUT2D eigenvalue weighted by atomic mass is 10.2. The first-order valence-electron chi connectivity index (χ1n) is 7.46. The molecule has 1 aliphatic rings. The number of rotatable bonds is 5. The number of aryl methyl sites for hydroxylation is 1. The molecular formula is C16H24N2O3. The van der Waals surface area contributed by atoms with Gasteiger partial charge in [0.15, 0.2) is 0 Å². The molecule has 21 heavy (non-hydrogen) atoms. The number of likely N-dealkylation sites (N-methyl/N-ethyl adjacent to an activating group) is 1. The Morgan fingerprint density at radius 3 is 2.90 bits per heavy atom. The van der Waals surface area contributed by atoms with E-state index in [4.69, 9.17) is 9.47 Å². The van der Waals surface area contributed by atoms with Crippen LogP contribution < -0.4 is 10.1 Å². The molecule has 1 saturated heterocycles. The van der Waals surface area contributed by atoms with Crippen LogP contribution in [0.3, 0.4) is 0 Å². The topological polar surface area (TPSA) is 50.8 Å². The molecule has 116 valence electrons. The zero-order valence-electron chi connectivity index (χ0n) is 13.0. The monoisotopic (exact) mass is 292 g/mol. The highest BCUT2D eigenvalue weighted by Gasteiger charge is 2.21. The van der Waals surface area contributed by atoms with Gasteiger partial charge in [0.1, 0.15) is 5.75 Å². The van der Waals surface area contributed by atoms with Gasteiger partial charge in [0.2, 0.25) is 0 Å². The molecule has 2 amide bonds. The molecule has 5 heteroatoms. The van der Waals surface area contributed by atoms with Gasteiger partial charge in [-0.3, -0.25) is 0 Å². The number of methoxy groups -OCH3 is 1. The third-order valence-electron chi connectivity index (χ3n) is 3.76. The molecule has 1 atom stereocenters. The van der Waals surface area contributed by atoms with Crippen molar-refractivity contribution in [2.45, 2.75) is 32.8 Å². The van der Waals surface area contributed by atoms with E-state index in [1.165, 1.54) is 0 Å². The first-order valence-corrected chi connectivity index (χ1v) is 7.46. The Kier molecular flexibility index (Phi) is 5.44. The van der Waals surface area contributed by atoms with Crippen LogP contribution in [0.2, 0.25) is 0 Å². The van der Waals surface area contributed by atoms with Crippen LogP contribution in [0.4, 0.5) is 10.5 Å². The first-order chi connectivity index (χ1) is 10.1. The second kappa shape index (κ2) is 7.31. The maximum absolute atomic E-state index is 12.3. The molecule has 1 N–H and O–H groups in total. The number of benzene rings is 1. The summed E-state index contributed by atoms with van der Waals surface area (Å²) in [6.07, 6.45) is 2.29. The van der Waals surface area contributed by atoms with E-state index in [1.807, 2.05) is 32.0 Å². The highest BCUT2D eigenvalue weighted by Crippen LogP contribution is 2.22. The molecule has 1 aromatic rings. The van der Waals surface area contributed by atoms with E-state index in [0.717, 1.165) is 36.4 Å². The summed E-state index contributed by atoms with van der Waals surface area (Å²) in [4.78, 5) is 14.1. The molecule has 0 unspecified atom stereocenters. The fraction of sp³-hybridized carbons (Fsp3) is 0.562. The Hall–Kier alpha value is -1.75. The predicted octanol–water partition coefficient (Wildman–Crippen LogP) is 3.04. The van der Waals surface area contributed by atoms with Crippen LogP contribution in [0.1, 0.15) is 25.3 Å². The molecule has 1 heterocycles. The minimum atomic E-state index is -0.0856. The van der Waals surface area contributed by atoms with Crippen molar-refractivity contribution in [2.75, 3.05) is 32.1 Å². The van der Waals surface area contributed by atoms with Gasteiger partial charge >= 0.3 is 6.03 Å². The Balaban J connectivity index is 1.96. The molecule has 0 spiro atoms. The maximum atomic E-state index is 12.3. The quantitative estimate of drug-likeness (QED) is 0.907. The van der Waals surface area contributed by atoms with Gasteiger partial charge in [-0.25, -0.2) is 4.79 Å².